The number of benzene rings is 3. The molecule has 0 fully saturated rings. The van der Waals surface area contributed by atoms with Gasteiger partial charge in [-0.15, -0.1) is 0 Å². The number of anilines is 1. The molecule has 0 unspecified atom stereocenters. The van der Waals surface area contributed by atoms with Crippen LogP contribution in [0.25, 0.3) is 0 Å². The number of carbonyl (C=O) groups is 2. The first-order valence-corrected chi connectivity index (χ1v) is 10.1. The molecule has 0 bridgehead atoms. The van der Waals surface area contributed by atoms with Crippen molar-refractivity contribution in [2.24, 2.45) is 5.10 Å². The fourth-order valence-electron chi connectivity index (χ4n) is 2.57. The Labute approximate surface area is 198 Å². The largest absolute Gasteiger partial charge is 0.484 e. The number of amides is 2. The number of hydrogen-bond acceptors (Lipinski definition) is 6. The minimum Gasteiger partial charge on any atom is -0.484 e. The van der Waals surface area contributed by atoms with Crippen LogP contribution < -0.4 is 15.5 Å². The molecule has 9 nitrogen and oxygen atoms in total. The fraction of sp³-hybridized carbons (Fsp3) is 0.0455. The predicted octanol–water partition coefficient (Wildman–Crippen LogP) is 4.68. The Morgan fingerprint density at radius 3 is 2.55 bits per heavy atom. The highest BCUT2D eigenvalue weighted by molar-refractivity contribution is 6.35. The van der Waals surface area contributed by atoms with E-state index < -0.39 is 16.7 Å². The lowest BCUT2D eigenvalue weighted by molar-refractivity contribution is -0.384. The number of non-ortho nitro benzene ring substituents is 1. The summed E-state index contributed by atoms with van der Waals surface area (Å²) >= 11 is 11.9. The van der Waals surface area contributed by atoms with Crippen LogP contribution in [0.5, 0.6) is 5.75 Å². The second kappa shape index (κ2) is 11.1. The summed E-state index contributed by atoms with van der Waals surface area (Å²) in [5, 5.41) is 18.0. The first kappa shape index (κ1) is 23.7. The van der Waals surface area contributed by atoms with E-state index in [1.54, 1.807) is 36.4 Å². The van der Waals surface area contributed by atoms with Crippen molar-refractivity contribution < 1.29 is 19.2 Å². The van der Waals surface area contributed by atoms with Gasteiger partial charge in [0.05, 0.1) is 21.8 Å². The number of hydrogen-bond donors (Lipinski definition) is 2. The number of nitrogens with one attached hydrogen (secondary N) is 2. The van der Waals surface area contributed by atoms with Gasteiger partial charge in [-0.3, -0.25) is 19.7 Å². The Morgan fingerprint density at radius 1 is 1.06 bits per heavy atom. The molecule has 11 heteroatoms. The van der Waals surface area contributed by atoms with Gasteiger partial charge < -0.3 is 10.1 Å². The molecule has 0 heterocycles. The molecule has 0 aliphatic rings. The smallest absolute Gasteiger partial charge is 0.271 e. The van der Waals surface area contributed by atoms with Crippen LogP contribution in [0.3, 0.4) is 0 Å². The zero-order chi connectivity index (χ0) is 23.8. The maximum Gasteiger partial charge on any atom is 0.271 e. The van der Waals surface area contributed by atoms with Crippen molar-refractivity contribution in [2.45, 2.75) is 0 Å². The van der Waals surface area contributed by atoms with Gasteiger partial charge in [-0.1, -0.05) is 29.3 Å². The van der Waals surface area contributed by atoms with Crippen LogP contribution in [-0.2, 0) is 4.79 Å². The van der Waals surface area contributed by atoms with Gasteiger partial charge in [-0.2, -0.15) is 5.10 Å². The molecule has 3 aromatic carbocycles. The summed E-state index contributed by atoms with van der Waals surface area (Å²) < 4.78 is 5.44. The lowest BCUT2D eigenvalue weighted by Gasteiger charge is -2.09. The Bertz CT molecular complexity index is 1220. The highest BCUT2D eigenvalue weighted by Gasteiger charge is 2.11. The minimum absolute atomic E-state index is 0.113. The second-order valence-corrected chi connectivity index (χ2v) is 7.38. The summed E-state index contributed by atoms with van der Waals surface area (Å²) in [5.41, 5.74) is 3.26. The number of nitrogens with zero attached hydrogens (tertiary/aromatic N) is 2. The first-order valence-electron chi connectivity index (χ1n) is 9.37. The van der Waals surface area contributed by atoms with E-state index in [2.05, 4.69) is 15.8 Å². The number of halogens is 2. The second-order valence-electron chi connectivity index (χ2n) is 6.54. The molecule has 2 N–H and O–H groups in total. The summed E-state index contributed by atoms with van der Waals surface area (Å²) in [6, 6.07) is 16.6. The van der Waals surface area contributed by atoms with Crippen LogP contribution in [0.1, 0.15) is 15.9 Å². The van der Waals surface area contributed by atoms with Crippen molar-refractivity contribution in [3.63, 3.8) is 0 Å². The standard InChI is InChI=1S/C22H16Cl2N4O5/c23-16-6-9-19(24)20(11-16)26-21(29)13-33-18-7-4-14(5-8-18)12-25-27-22(30)15-2-1-3-17(10-15)28(31)32/h1-12H,13H2,(H,26,29)(H,27,30)/b25-12-. The van der Waals surface area contributed by atoms with E-state index in [9.17, 15) is 19.7 Å². The number of nitro benzene ring substituents is 1. The van der Waals surface area contributed by atoms with E-state index in [1.807, 2.05) is 0 Å². The maximum absolute atomic E-state index is 12.1. The normalized spacial score (nSPS) is 10.6. The summed E-state index contributed by atoms with van der Waals surface area (Å²) in [5.74, 6) is -0.547. The molecule has 0 atom stereocenters. The Hall–Kier alpha value is -3.95. The van der Waals surface area contributed by atoms with Crippen molar-refractivity contribution in [3.05, 3.63) is 98.0 Å². The molecule has 0 aliphatic heterocycles. The van der Waals surface area contributed by atoms with E-state index in [0.29, 0.717) is 27.0 Å². The Kier molecular flexibility index (Phi) is 7.96. The molecule has 2 amide bonds. The van der Waals surface area contributed by atoms with E-state index in [0.717, 1.165) is 6.07 Å². The fourth-order valence-corrected chi connectivity index (χ4v) is 2.91. The molecule has 3 rings (SSSR count). The van der Waals surface area contributed by atoms with Crippen LogP contribution in [0.2, 0.25) is 10.0 Å². The van der Waals surface area contributed by atoms with Gasteiger partial charge in [0.2, 0.25) is 0 Å². The quantitative estimate of drug-likeness (QED) is 0.271. The van der Waals surface area contributed by atoms with Gasteiger partial charge in [0.15, 0.2) is 6.61 Å². The molecular weight excluding hydrogens is 471 g/mol. The Balaban J connectivity index is 1.49. The highest BCUT2D eigenvalue weighted by atomic mass is 35.5. The molecule has 168 valence electrons. The van der Waals surface area contributed by atoms with Crippen molar-refractivity contribution in [1.29, 1.82) is 0 Å². The van der Waals surface area contributed by atoms with Gasteiger partial charge in [-0.05, 0) is 54.1 Å². The zero-order valence-electron chi connectivity index (χ0n) is 16.8. The lowest BCUT2D eigenvalue weighted by Crippen LogP contribution is -2.20. The highest BCUT2D eigenvalue weighted by Crippen LogP contribution is 2.25. The molecule has 0 radical (unpaired) electrons. The average molecular weight is 487 g/mol. The predicted molar refractivity (Wildman–Crippen MR) is 125 cm³/mol. The molecular formula is C22H16Cl2N4O5. The van der Waals surface area contributed by atoms with Crippen LogP contribution in [0.4, 0.5) is 11.4 Å². The molecule has 0 saturated carbocycles. The minimum atomic E-state index is -0.584. The molecule has 0 spiro atoms. The number of carbonyl (C=O) groups excluding carboxylic acids is 2. The third kappa shape index (κ3) is 7.03. The topological polar surface area (TPSA) is 123 Å². The van der Waals surface area contributed by atoms with E-state index >= 15 is 0 Å². The number of nitro groups is 1. The van der Waals surface area contributed by atoms with Gasteiger partial charge >= 0.3 is 0 Å². The summed E-state index contributed by atoms with van der Waals surface area (Å²) in [6.45, 7) is -0.241. The van der Waals surface area contributed by atoms with Crippen LogP contribution in [0.15, 0.2) is 71.8 Å². The summed E-state index contributed by atoms with van der Waals surface area (Å²) in [6.07, 6.45) is 1.40. The van der Waals surface area contributed by atoms with E-state index in [1.165, 1.54) is 30.5 Å². The van der Waals surface area contributed by atoms with Gasteiger partial charge in [0.25, 0.3) is 17.5 Å². The number of hydrazone groups is 1. The molecule has 0 aliphatic carbocycles. The van der Waals surface area contributed by atoms with E-state index in [4.69, 9.17) is 27.9 Å². The number of ether oxygens (including phenoxy) is 1. The monoisotopic (exact) mass is 486 g/mol. The molecule has 0 saturated heterocycles. The maximum atomic E-state index is 12.1. The van der Waals surface area contributed by atoms with Gasteiger partial charge in [0, 0.05) is 22.7 Å². The van der Waals surface area contributed by atoms with Crippen molar-refractivity contribution in [2.75, 3.05) is 11.9 Å². The molecule has 3 aromatic rings. The number of rotatable bonds is 8. The zero-order valence-corrected chi connectivity index (χ0v) is 18.3. The lowest BCUT2D eigenvalue weighted by atomic mass is 10.2. The SMILES string of the molecule is O=C(COc1ccc(/C=N\NC(=O)c2cccc([N+](=O)[O-])c2)cc1)Nc1cc(Cl)ccc1Cl. The van der Waals surface area contributed by atoms with Crippen LogP contribution in [-0.4, -0.2) is 29.6 Å². The first-order chi connectivity index (χ1) is 15.8. The van der Waals surface area contributed by atoms with Crippen molar-refractivity contribution in [3.8, 4) is 5.75 Å². The van der Waals surface area contributed by atoms with E-state index in [-0.39, 0.29) is 17.9 Å². The average Bonchev–Trinajstić information content (AvgIpc) is 2.81. The third-order valence-corrected chi connectivity index (χ3v) is 4.72. The van der Waals surface area contributed by atoms with Crippen molar-refractivity contribution in [1.82, 2.24) is 5.43 Å². The van der Waals surface area contributed by atoms with Gasteiger partial charge in [0.1, 0.15) is 5.75 Å². The van der Waals surface area contributed by atoms with Crippen LogP contribution >= 0.6 is 23.2 Å². The molecule has 33 heavy (non-hydrogen) atoms. The van der Waals surface area contributed by atoms with Crippen LogP contribution in [0, 0.1) is 10.1 Å². The third-order valence-electron chi connectivity index (χ3n) is 4.15. The Morgan fingerprint density at radius 2 is 1.82 bits per heavy atom. The summed E-state index contributed by atoms with van der Waals surface area (Å²) in [4.78, 5) is 34.3. The summed E-state index contributed by atoms with van der Waals surface area (Å²) in [7, 11) is 0. The van der Waals surface area contributed by atoms with Gasteiger partial charge in [-0.25, -0.2) is 5.43 Å². The molecule has 0 aromatic heterocycles. The van der Waals surface area contributed by atoms with Crippen molar-refractivity contribution >= 4 is 52.6 Å².